The molecule has 0 spiro atoms. The summed E-state index contributed by atoms with van der Waals surface area (Å²) in [5.41, 5.74) is 2.19. The molecule has 1 aliphatic rings. The fourth-order valence-electron chi connectivity index (χ4n) is 3.62. The van der Waals surface area contributed by atoms with Crippen molar-refractivity contribution in [2.75, 3.05) is 6.54 Å². The molecular formula is C22H20N4O3S. The Hall–Kier alpha value is -3.26. The molecule has 1 amide bonds. The summed E-state index contributed by atoms with van der Waals surface area (Å²) in [4.78, 5) is 23.9. The first kappa shape index (κ1) is 18.7. The highest BCUT2D eigenvalue weighted by atomic mass is 32.1. The number of hydrogen-bond donors (Lipinski definition) is 0. The molecule has 5 rings (SSSR count). The van der Waals surface area contributed by atoms with Gasteiger partial charge in [-0.15, -0.1) is 11.3 Å². The van der Waals surface area contributed by atoms with Crippen molar-refractivity contribution in [2.24, 2.45) is 0 Å². The van der Waals surface area contributed by atoms with Gasteiger partial charge in [-0.2, -0.15) is 0 Å². The third-order valence-corrected chi connectivity index (χ3v) is 6.29. The Balaban J connectivity index is 1.29. The SMILES string of the molecule is Cc1ccc(OCc2cc(C(=O)N3CCC[C@@H]3c3nc4ccccc4s3)no2)cn1. The number of rotatable bonds is 5. The molecule has 0 radical (unpaired) electrons. The molecule has 1 fully saturated rings. The Kier molecular flexibility index (Phi) is 4.92. The van der Waals surface area contributed by atoms with Crippen molar-refractivity contribution in [3.8, 4) is 5.75 Å². The second kappa shape index (κ2) is 7.87. The quantitative estimate of drug-likeness (QED) is 0.471. The van der Waals surface area contributed by atoms with E-state index in [0.717, 1.165) is 33.8 Å². The summed E-state index contributed by atoms with van der Waals surface area (Å²) in [7, 11) is 0. The van der Waals surface area contributed by atoms with Crippen molar-refractivity contribution in [1.29, 1.82) is 0 Å². The van der Waals surface area contributed by atoms with Gasteiger partial charge in [-0.1, -0.05) is 17.3 Å². The predicted molar refractivity (Wildman–Crippen MR) is 112 cm³/mol. The number of nitrogens with zero attached hydrogens (tertiary/aromatic N) is 4. The largest absolute Gasteiger partial charge is 0.484 e. The molecule has 4 aromatic rings. The van der Waals surface area contributed by atoms with Crippen LogP contribution >= 0.6 is 11.3 Å². The van der Waals surface area contributed by atoms with Crippen LogP contribution in [0.1, 0.15) is 45.8 Å². The third-order valence-electron chi connectivity index (χ3n) is 5.15. The maximum absolute atomic E-state index is 13.1. The maximum atomic E-state index is 13.1. The van der Waals surface area contributed by atoms with Gasteiger partial charge in [0.2, 0.25) is 0 Å². The third kappa shape index (κ3) is 3.66. The van der Waals surface area contributed by atoms with Crippen LogP contribution < -0.4 is 4.74 Å². The molecule has 1 atom stereocenters. The van der Waals surface area contributed by atoms with Crippen molar-refractivity contribution in [3.63, 3.8) is 0 Å². The zero-order valence-electron chi connectivity index (χ0n) is 16.4. The Morgan fingerprint density at radius 3 is 3.03 bits per heavy atom. The van der Waals surface area contributed by atoms with Gasteiger partial charge in [0.15, 0.2) is 11.5 Å². The molecule has 3 aromatic heterocycles. The maximum Gasteiger partial charge on any atom is 0.276 e. The van der Waals surface area contributed by atoms with Gasteiger partial charge in [-0.05, 0) is 44.0 Å². The van der Waals surface area contributed by atoms with Crippen molar-refractivity contribution in [1.82, 2.24) is 20.0 Å². The molecule has 152 valence electrons. The van der Waals surface area contributed by atoms with Crippen LogP contribution in [0.2, 0.25) is 0 Å². The molecule has 1 aromatic carbocycles. The number of amides is 1. The number of aromatic nitrogens is 3. The molecule has 30 heavy (non-hydrogen) atoms. The highest BCUT2D eigenvalue weighted by Crippen LogP contribution is 2.37. The van der Waals surface area contributed by atoms with Crippen molar-refractivity contribution >= 4 is 27.5 Å². The summed E-state index contributed by atoms with van der Waals surface area (Å²) in [6, 6.07) is 13.4. The Bertz CT molecular complexity index is 1150. The van der Waals surface area contributed by atoms with Crippen LogP contribution in [0.4, 0.5) is 0 Å². The number of aryl methyl sites for hydroxylation is 1. The minimum absolute atomic E-state index is 0.0232. The van der Waals surface area contributed by atoms with Crippen LogP contribution in [-0.4, -0.2) is 32.5 Å². The minimum Gasteiger partial charge on any atom is -0.484 e. The van der Waals surface area contributed by atoms with E-state index in [1.54, 1.807) is 23.6 Å². The number of pyridine rings is 1. The number of carbonyl (C=O) groups excluding carboxylic acids is 1. The standard InChI is InChI=1S/C22H20N4O3S/c1-14-8-9-15(12-23-14)28-13-16-11-18(25-29-16)22(27)26-10-4-6-19(26)21-24-17-5-2-3-7-20(17)30-21/h2-3,5,7-9,11-12,19H,4,6,10,13H2,1H3/t19-/m1/s1. The van der Waals surface area contributed by atoms with Crippen molar-refractivity contribution < 1.29 is 14.1 Å². The van der Waals surface area contributed by atoms with Crippen molar-refractivity contribution in [3.05, 3.63) is 70.8 Å². The second-order valence-corrected chi connectivity index (χ2v) is 8.34. The summed E-state index contributed by atoms with van der Waals surface area (Å²) >= 11 is 1.65. The van der Waals surface area contributed by atoms with Crippen LogP contribution in [0, 0.1) is 6.92 Å². The Morgan fingerprint density at radius 2 is 2.20 bits per heavy atom. The fourth-order valence-corrected chi connectivity index (χ4v) is 4.74. The van der Waals surface area contributed by atoms with Gasteiger partial charge < -0.3 is 14.2 Å². The number of benzene rings is 1. The zero-order chi connectivity index (χ0) is 20.5. The lowest BCUT2D eigenvalue weighted by Gasteiger charge is -2.21. The lowest BCUT2D eigenvalue weighted by atomic mass is 10.2. The van der Waals surface area contributed by atoms with Crippen LogP contribution in [0.25, 0.3) is 10.2 Å². The molecule has 1 saturated heterocycles. The normalized spacial score (nSPS) is 16.3. The predicted octanol–water partition coefficient (Wildman–Crippen LogP) is 4.54. The molecule has 7 nitrogen and oxygen atoms in total. The number of thiazole rings is 1. The average Bonchev–Trinajstić information content (AvgIpc) is 3.51. The molecule has 0 bridgehead atoms. The Morgan fingerprint density at radius 1 is 1.30 bits per heavy atom. The van der Waals surface area contributed by atoms with E-state index in [-0.39, 0.29) is 18.6 Å². The first-order valence-corrected chi connectivity index (χ1v) is 10.7. The van der Waals surface area contributed by atoms with Gasteiger partial charge in [-0.3, -0.25) is 9.78 Å². The van der Waals surface area contributed by atoms with E-state index in [0.29, 0.717) is 23.7 Å². The highest BCUT2D eigenvalue weighted by molar-refractivity contribution is 7.18. The van der Waals surface area contributed by atoms with Gasteiger partial charge in [0.1, 0.15) is 17.4 Å². The van der Waals surface area contributed by atoms with Gasteiger partial charge in [0.25, 0.3) is 5.91 Å². The highest BCUT2D eigenvalue weighted by Gasteiger charge is 2.34. The van der Waals surface area contributed by atoms with Gasteiger partial charge in [0.05, 0.1) is 22.5 Å². The molecule has 0 N–H and O–H groups in total. The van der Waals surface area contributed by atoms with Crippen molar-refractivity contribution in [2.45, 2.75) is 32.4 Å². The lowest BCUT2D eigenvalue weighted by Crippen LogP contribution is -2.30. The lowest BCUT2D eigenvalue weighted by molar-refractivity contribution is 0.0724. The minimum atomic E-state index is -0.135. The summed E-state index contributed by atoms with van der Waals surface area (Å²) < 4.78 is 12.1. The molecule has 1 aliphatic heterocycles. The van der Waals surface area contributed by atoms with Gasteiger partial charge in [-0.25, -0.2) is 4.98 Å². The van der Waals surface area contributed by atoms with E-state index in [9.17, 15) is 4.79 Å². The van der Waals surface area contributed by atoms with Gasteiger partial charge >= 0.3 is 0 Å². The summed E-state index contributed by atoms with van der Waals surface area (Å²) in [5.74, 6) is 0.999. The fraction of sp³-hybridized carbons (Fsp3) is 0.273. The first-order valence-electron chi connectivity index (χ1n) is 9.85. The number of hydrogen-bond acceptors (Lipinski definition) is 7. The van der Waals surface area contributed by atoms with Gasteiger partial charge in [0, 0.05) is 18.3 Å². The monoisotopic (exact) mass is 420 g/mol. The topological polar surface area (TPSA) is 81.4 Å². The van der Waals surface area contributed by atoms with Crippen LogP contribution in [-0.2, 0) is 6.61 Å². The Labute approximate surface area is 177 Å². The molecule has 4 heterocycles. The molecule has 0 saturated carbocycles. The number of ether oxygens (including phenoxy) is 1. The summed E-state index contributed by atoms with van der Waals surface area (Å²) in [5, 5.41) is 4.95. The number of likely N-dealkylation sites (tertiary alicyclic amines) is 1. The van der Waals surface area contributed by atoms with Crippen LogP contribution in [0.15, 0.2) is 53.2 Å². The second-order valence-electron chi connectivity index (χ2n) is 7.28. The molecule has 0 aliphatic carbocycles. The zero-order valence-corrected chi connectivity index (χ0v) is 17.3. The smallest absolute Gasteiger partial charge is 0.276 e. The van der Waals surface area contributed by atoms with Crippen LogP contribution in [0.3, 0.4) is 0 Å². The van der Waals surface area contributed by atoms with E-state index >= 15 is 0 Å². The first-order chi connectivity index (χ1) is 14.7. The van der Waals surface area contributed by atoms with E-state index in [1.807, 2.05) is 42.2 Å². The van der Waals surface area contributed by atoms with E-state index in [1.165, 1.54) is 0 Å². The van der Waals surface area contributed by atoms with Crippen LogP contribution in [0.5, 0.6) is 5.75 Å². The molecule has 8 heteroatoms. The number of fused-ring (bicyclic) bond motifs is 1. The van der Waals surface area contributed by atoms with E-state index in [4.69, 9.17) is 14.2 Å². The summed E-state index contributed by atoms with van der Waals surface area (Å²) in [6.07, 6.45) is 3.50. The molecule has 0 unspecified atom stereocenters. The average molecular weight is 420 g/mol. The summed E-state index contributed by atoms with van der Waals surface area (Å²) in [6.45, 7) is 2.79. The van der Waals surface area contributed by atoms with E-state index < -0.39 is 0 Å². The number of carbonyl (C=O) groups is 1. The van der Waals surface area contributed by atoms with E-state index in [2.05, 4.69) is 16.2 Å². The molecular weight excluding hydrogens is 400 g/mol. The number of para-hydroxylation sites is 1.